The van der Waals surface area contributed by atoms with Crippen molar-refractivity contribution >= 4 is 21.2 Å². The number of rotatable bonds is 5. The maximum Gasteiger partial charge on any atom is 0.176 e. The maximum atomic E-state index is 12.5. The smallest absolute Gasteiger partial charge is 0.176 e. The topological polar surface area (TPSA) is 40.6 Å². The van der Waals surface area contributed by atoms with Gasteiger partial charge in [-0.15, -0.1) is 0 Å². The molecular weight excluding hydrogens is 368 g/mol. The predicted octanol–water partition coefficient (Wildman–Crippen LogP) is 4.56. The van der Waals surface area contributed by atoms with E-state index in [9.17, 15) is 8.42 Å². The Hall–Kier alpha value is -2.79. The molecule has 3 rings (SSSR count). The summed E-state index contributed by atoms with van der Waals surface area (Å²) < 4.78 is 25.0. The molecule has 0 aromatic heterocycles. The number of anilines is 2. The lowest BCUT2D eigenvalue weighted by Gasteiger charge is -2.18. The van der Waals surface area contributed by atoms with E-state index < -0.39 is 9.84 Å². The largest absolute Gasteiger partial charge is 0.378 e. The van der Waals surface area contributed by atoms with Gasteiger partial charge in [0.15, 0.2) is 9.84 Å². The van der Waals surface area contributed by atoms with Crippen LogP contribution in [0.4, 0.5) is 11.4 Å². The normalized spacial score (nSPS) is 11.3. The van der Waals surface area contributed by atoms with E-state index in [1.54, 1.807) is 6.07 Å². The van der Waals surface area contributed by atoms with Gasteiger partial charge in [-0.05, 0) is 47.0 Å². The molecule has 0 bridgehead atoms. The van der Waals surface area contributed by atoms with Crippen molar-refractivity contribution in [2.45, 2.75) is 4.90 Å². The van der Waals surface area contributed by atoms with Crippen LogP contribution in [-0.2, 0) is 9.84 Å². The second kappa shape index (κ2) is 7.68. The van der Waals surface area contributed by atoms with Gasteiger partial charge in [-0.1, -0.05) is 36.4 Å². The summed E-state index contributed by atoms with van der Waals surface area (Å²) in [5.41, 5.74) is 5.69. The molecule has 0 saturated carbocycles. The Morgan fingerprint density at radius 1 is 0.643 bits per heavy atom. The lowest BCUT2D eigenvalue weighted by Crippen LogP contribution is -2.08. The standard InChI is InChI=1S/C23H26N2O2S/c1-24(2)19-13-9-17(10-14-19)21-7-6-8-22(28(5,26)27)23(21)18-11-15-20(16-12-18)25(3)4/h6-16H,1-5H3. The van der Waals surface area contributed by atoms with Gasteiger partial charge < -0.3 is 9.80 Å². The van der Waals surface area contributed by atoms with Gasteiger partial charge in [0.1, 0.15) is 0 Å². The third-order valence-electron chi connectivity index (χ3n) is 4.79. The molecule has 0 aliphatic rings. The summed E-state index contributed by atoms with van der Waals surface area (Å²) in [5.74, 6) is 0. The zero-order valence-corrected chi connectivity index (χ0v) is 17.8. The predicted molar refractivity (Wildman–Crippen MR) is 119 cm³/mol. The molecule has 0 radical (unpaired) electrons. The fourth-order valence-electron chi connectivity index (χ4n) is 3.24. The second-order valence-corrected chi connectivity index (χ2v) is 9.32. The third-order valence-corrected chi connectivity index (χ3v) is 5.93. The fraction of sp³-hybridized carbons (Fsp3) is 0.217. The van der Waals surface area contributed by atoms with Gasteiger partial charge in [-0.3, -0.25) is 0 Å². The van der Waals surface area contributed by atoms with E-state index in [0.29, 0.717) is 4.90 Å². The van der Waals surface area contributed by atoms with Crippen LogP contribution in [0.25, 0.3) is 22.3 Å². The van der Waals surface area contributed by atoms with Gasteiger partial charge in [-0.2, -0.15) is 0 Å². The highest BCUT2D eigenvalue weighted by atomic mass is 32.2. The van der Waals surface area contributed by atoms with Crippen LogP contribution in [0.15, 0.2) is 71.6 Å². The average molecular weight is 395 g/mol. The molecule has 0 spiro atoms. The van der Waals surface area contributed by atoms with Gasteiger partial charge in [0.05, 0.1) is 4.90 Å². The number of nitrogens with zero attached hydrogens (tertiary/aromatic N) is 2. The van der Waals surface area contributed by atoms with E-state index in [-0.39, 0.29) is 0 Å². The molecule has 0 saturated heterocycles. The highest BCUT2D eigenvalue weighted by Crippen LogP contribution is 2.38. The Bertz CT molecular complexity index is 1070. The summed E-state index contributed by atoms with van der Waals surface area (Å²) >= 11 is 0. The Morgan fingerprint density at radius 2 is 1.11 bits per heavy atom. The zero-order chi connectivity index (χ0) is 20.5. The molecule has 3 aromatic carbocycles. The molecule has 0 atom stereocenters. The molecule has 0 amide bonds. The quantitative estimate of drug-likeness (QED) is 0.636. The molecule has 0 aliphatic heterocycles. The number of sulfone groups is 1. The summed E-state index contributed by atoms with van der Waals surface area (Å²) in [7, 11) is 4.58. The molecule has 0 aliphatic carbocycles. The van der Waals surface area contributed by atoms with Gasteiger partial charge in [-0.25, -0.2) is 8.42 Å². The zero-order valence-electron chi connectivity index (χ0n) is 17.0. The first-order valence-corrected chi connectivity index (χ1v) is 11.0. The SMILES string of the molecule is CN(C)c1ccc(-c2cccc(S(C)(=O)=O)c2-c2ccc(N(C)C)cc2)cc1. The number of benzene rings is 3. The van der Waals surface area contributed by atoms with E-state index in [1.165, 1.54) is 6.26 Å². The fourth-order valence-corrected chi connectivity index (χ4v) is 4.17. The molecule has 5 heteroatoms. The van der Waals surface area contributed by atoms with E-state index in [1.807, 2.05) is 98.7 Å². The highest BCUT2D eigenvalue weighted by molar-refractivity contribution is 7.90. The van der Waals surface area contributed by atoms with Crippen molar-refractivity contribution in [2.24, 2.45) is 0 Å². The van der Waals surface area contributed by atoms with Crippen LogP contribution >= 0.6 is 0 Å². The first-order valence-electron chi connectivity index (χ1n) is 9.07. The first kappa shape index (κ1) is 20.0. The van der Waals surface area contributed by atoms with Gasteiger partial charge in [0, 0.05) is 51.4 Å². The monoisotopic (exact) mass is 394 g/mol. The second-order valence-electron chi connectivity index (χ2n) is 7.33. The van der Waals surface area contributed by atoms with Gasteiger partial charge in [0.25, 0.3) is 0 Å². The van der Waals surface area contributed by atoms with E-state index in [4.69, 9.17) is 0 Å². The molecule has 4 nitrogen and oxygen atoms in total. The summed E-state index contributed by atoms with van der Waals surface area (Å²) in [4.78, 5) is 4.41. The Balaban J connectivity index is 2.23. The highest BCUT2D eigenvalue weighted by Gasteiger charge is 2.19. The lowest BCUT2D eigenvalue weighted by molar-refractivity contribution is 0.602. The van der Waals surface area contributed by atoms with E-state index in [2.05, 4.69) is 0 Å². The average Bonchev–Trinajstić information content (AvgIpc) is 2.67. The van der Waals surface area contributed by atoms with Crippen molar-refractivity contribution in [3.63, 3.8) is 0 Å². The summed E-state index contributed by atoms with van der Waals surface area (Å²) in [6, 6.07) is 21.6. The number of hydrogen-bond acceptors (Lipinski definition) is 4. The molecule has 0 unspecified atom stereocenters. The lowest BCUT2D eigenvalue weighted by atomic mass is 9.94. The van der Waals surface area contributed by atoms with Crippen molar-refractivity contribution in [1.82, 2.24) is 0 Å². The maximum absolute atomic E-state index is 12.5. The van der Waals surface area contributed by atoms with Crippen LogP contribution in [0.1, 0.15) is 0 Å². The van der Waals surface area contributed by atoms with Gasteiger partial charge >= 0.3 is 0 Å². The Labute approximate surface area is 168 Å². The minimum absolute atomic E-state index is 0.347. The van der Waals surface area contributed by atoms with Crippen molar-refractivity contribution in [3.05, 3.63) is 66.7 Å². The summed E-state index contributed by atoms with van der Waals surface area (Å²) in [5, 5.41) is 0. The minimum atomic E-state index is -3.38. The summed E-state index contributed by atoms with van der Waals surface area (Å²) in [6.07, 6.45) is 1.26. The number of hydrogen-bond donors (Lipinski definition) is 0. The Morgan fingerprint density at radius 3 is 1.54 bits per heavy atom. The van der Waals surface area contributed by atoms with Crippen LogP contribution in [0.5, 0.6) is 0 Å². The van der Waals surface area contributed by atoms with Crippen molar-refractivity contribution in [1.29, 1.82) is 0 Å². The van der Waals surface area contributed by atoms with Crippen molar-refractivity contribution in [2.75, 3.05) is 44.2 Å². The minimum Gasteiger partial charge on any atom is -0.378 e. The van der Waals surface area contributed by atoms with Crippen LogP contribution in [0.2, 0.25) is 0 Å². The molecular formula is C23H26N2O2S. The molecule has 28 heavy (non-hydrogen) atoms. The van der Waals surface area contributed by atoms with Crippen LogP contribution < -0.4 is 9.80 Å². The molecule has 0 heterocycles. The Kier molecular flexibility index (Phi) is 5.47. The summed E-state index contributed by atoms with van der Waals surface area (Å²) in [6.45, 7) is 0. The molecule has 146 valence electrons. The third kappa shape index (κ3) is 4.04. The van der Waals surface area contributed by atoms with Crippen molar-refractivity contribution in [3.8, 4) is 22.3 Å². The van der Waals surface area contributed by atoms with Crippen LogP contribution in [0, 0.1) is 0 Å². The molecule has 0 fully saturated rings. The van der Waals surface area contributed by atoms with Crippen LogP contribution in [0.3, 0.4) is 0 Å². The van der Waals surface area contributed by atoms with Crippen molar-refractivity contribution < 1.29 is 8.42 Å². The molecule has 3 aromatic rings. The van der Waals surface area contributed by atoms with Gasteiger partial charge in [0.2, 0.25) is 0 Å². The first-order chi connectivity index (χ1) is 13.2. The van der Waals surface area contributed by atoms with Crippen LogP contribution in [-0.4, -0.2) is 42.9 Å². The van der Waals surface area contributed by atoms with E-state index >= 15 is 0 Å². The molecule has 0 N–H and O–H groups in total. The van der Waals surface area contributed by atoms with E-state index in [0.717, 1.165) is 33.6 Å².